The Kier molecular flexibility index (Phi) is 11.2. The normalized spacial score (nSPS) is 35.9. The molecule has 4 aliphatic rings. The van der Waals surface area contributed by atoms with E-state index >= 15 is 0 Å². The molecule has 0 aliphatic carbocycles. The van der Waals surface area contributed by atoms with E-state index in [4.69, 9.17) is 37.9 Å². The summed E-state index contributed by atoms with van der Waals surface area (Å²) >= 11 is 0. The topological polar surface area (TPSA) is 212 Å². The summed E-state index contributed by atoms with van der Waals surface area (Å²) in [6.07, 6.45) is -12.3. The number of hydrogen-bond donors (Lipinski definition) is 5. The van der Waals surface area contributed by atoms with Crippen LogP contribution in [0.15, 0.2) is 24.3 Å². The lowest BCUT2D eigenvalue weighted by atomic mass is 9.97. The van der Waals surface area contributed by atoms with Crippen molar-refractivity contribution in [3.63, 3.8) is 0 Å². The zero-order valence-corrected chi connectivity index (χ0v) is 25.0. The highest BCUT2D eigenvalue weighted by Gasteiger charge is 2.57. The molecule has 10 atom stereocenters. The Bertz CT molecular complexity index is 1130. The van der Waals surface area contributed by atoms with Gasteiger partial charge in [0.1, 0.15) is 48.8 Å². The highest BCUT2D eigenvalue weighted by Crippen LogP contribution is 2.38. The Labute approximate surface area is 259 Å². The minimum absolute atomic E-state index is 0.0357. The lowest BCUT2D eigenvalue weighted by molar-refractivity contribution is -0.353. The molecular formula is C29H41NO15. The largest absolute Gasteiger partial charge is 0.394 e. The van der Waals surface area contributed by atoms with Crippen molar-refractivity contribution in [3.8, 4) is 0 Å². The highest BCUT2D eigenvalue weighted by atomic mass is 16.8. The average Bonchev–Trinajstić information content (AvgIpc) is 3.49. The molecule has 3 saturated heterocycles. The maximum atomic E-state index is 12.4. The summed E-state index contributed by atoms with van der Waals surface area (Å²) in [5.74, 6) is -1.74. The van der Waals surface area contributed by atoms with Gasteiger partial charge in [-0.15, -0.1) is 0 Å². The van der Waals surface area contributed by atoms with E-state index in [1.165, 1.54) is 0 Å². The Morgan fingerprint density at radius 1 is 0.756 bits per heavy atom. The molecule has 0 bridgehead atoms. The zero-order chi connectivity index (χ0) is 32.3. The van der Waals surface area contributed by atoms with E-state index in [2.05, 4.69) is 0 Å². The lowest BCUT2D eigenvalue weighted by Crippen LogP contribution is -2.64. The van der Waals surface area contributed by atoms with Gasteiger partial charge in [-0.1, -0.05) is 12.1 Å². The van der Waals surface area contributed by atoms with E-state index in [1.807, 2.05) is 0 Å². The van der Waals surface area contributed by atoms with Crippen LogP contribution >= 0.6 is 0 Å². The fourth-order valence-electron chi connectivity index (χ4n) is 5.77. The molecule has 4 heterocycles. The summed E-state index contributed by atoms with van der Waals surface area (Å²) in [5.41, 5.74) is 0.757. The molecule has 2 amide bonds. The molecular weight excluding hydrogens is 602 g/mol. The van der Waals surface area contributed by atoms with Gasteiger partial charge >= 0.3 is 0 Å². The monoisotopic (exact) mass is 643 g/mol. The number of carbonyl (C=O) groups excluding carboxylic acids is 2. The minimum Gasteiger partial charge on any atom is -0.394 e. The van der Waals surface area contributed by atoms with Crippen LogP contribution in [0, 0.1) is 0 Å². The SMILES string of the molecule is CC1(C)O[C@@H]2[C@@H](O)[C@H](O[C@H]3[C@H](O)[C@@H](O)[C@H](OCCOCCOCCN4C(=O)c5ccccc5C4=O)O[C@@H]3CO)O[C@H](CO)[C@@H]2O1. The smallest absolute Gasteiger partial charge is 0.261 e. The summed E-state index contributed by atoms with van der Waals surface area (Å²) in [7, 11) is 0. The number of rotatable bonds is 14. The second-order valence-corrected chi connectivity index (χ2v) is 11.5. The van der Waals surface area contributed by atoms with Gasteiger partial charge in [-0.05, 0) is 26.0 Å². The third kappa shape index (κ3) is 7.38. The van der Waals surface area contributed by atoms with Crippen molar-refractivity contribution < 1.29 is 73.0 Å². The molecule has 45 heavy (non-hydrogen) atoms. The fourth-order valence-corrected chi connectivity index (χ4v) is 5.77. The second-order valence-electron chi connectivity index (χ2n) is 11.5. The van der Waals surface area contributed by atoms with Crippen LogP contribution in [0.1, 0.15) is 34.6 Å². The predicted molar refractivity (Wildman–Crippen MR) is 148 cm³/mol. The van der Waals surface area contributed by atoms with Gasteiger partial charge in [0.05, 0.1) is 63.9 Å². The third-order valence-corrected chi connectivity index (χ3v) is 7.97. The molecule has 16 nitrogen and oxygen atoms in total. The van der Waals surface area contributed by atoms with E-state index in [1.54, 1.807) is 38.1 Å². The second kappa shape index (κ2) is 14.7. The van der Waals surface area contributed by atoms with Crippen molar-refractivity contribution in [2.75, 3.05) is 52.8 Å². The summed E-state index contributed by atoms with van der Waals surface area (Å²) in [6, 6.07) is 6.63. The first-order chi connectivity index (χ1) is 21.6. The van der Waals surface area contributed by atoms with Gasteiger partial charge in [-0.3, -0.25) is 14.5 Å². The molecule has 5 rings (SSSR count). The first-order valence-corrected chi connectivity index (χ1v) is 14.9. The van der Waals surface area contributed by atoms with Gasteiger partial charge in [-0.2, -0.15) is 0 Å². The number of benzene rings is 1. The van der Waals surface area contributed by atoms with Crippen LogP contribution in [0.2, 0.25) is 0 Å². The maximum Gasteiger partial charge on any atom is 0.261 e. The molecule has 1 aromatic rings. The van der Waals surface area contributed by atoms with Crippen molar-refractivity contribution >= 4 is 11.8 Å². The Morgan fingerprint density at radius 3 is 1.98 bits per heavy atom. The van der Waals surface area contributed by atoms with Gasteiger partial charge in [0.2, 0.25) is 0 Å². The van der Waals surface area contributed by atoms with Gasteiger partial charge in [-0.25, -0.2) is 0 Å². The van der Waals surface area contributed by atoms with E-state index < -0.39 is 80.4 Å². The van der Waals surface area contributed by atoms with Crippen LogP contribution in [0.3, 0.4) is 0 Å². The molecule has 3 fully saturated rings. The lowest BCUT2D eigenvalue weighted by Gasteiger charge is -2.45. The number of amides is 2. The van der Waals surface area contributed by atoms with Crippen LogP contribution in [0.5, 0.6) is 0 Å². The average molecular weight is 644 g/mol. The number of aliphatic hydroxyl groups is 5. The van der Waals surface area contributed by atoms with Crippen molar-refractivity contribution in [1.29, 1.82) is 0 Å². The van der Waals surface area contributed by atoms with Gasteiger partial charge in [0, 0.05) is 0 Å². The number of hydrogen-bond acceptors (Lipinski definition) is 15. The van der Waals surface area contributed by atoms with Crippen LogP contribution in [0.25, 0.3) is 0 Å². The van der Waals surface area contributed by atoms with Crippen LogP contribution in [-0.2, 0) is 37.9 Å². The summed E-state index contributed by atoms with van der Waals surface area (Å²) in [5, 5.41) is 52.1. The van der Waals surface area contributed by atoms with Crippen molar-refractivity contribution in [3.05, 3.63) is 35.4 Å². The van der Waals surface area contributed by atoms with Gasteiger partial charge in [0.25, 0.3) is 11.8 Å². The number of carbonyl (C=O) groups is 2. The first kappa shape index (κ1) is 34.2. The fraction of sp³-hybridized carbons (Fsp3) is 0.724. The van der Waals surface area contributed by atoms with E-state index in [-0.39, 0.29) is 51.4 Å². The Balaban J connectivity index is 1.00. The Hall–Kier alpha value is -2.16. The molecule has 0 aromatic heterocycles. The predicted octanol–water partition coefficient (Wildman–Crippen LogP) is -2.25. The first-order valence-electron chi connectivity index (χ1n) is 14.9. The van der Waals surface area contributed by atoms with Crippen LogP contribution < -0.4 is 0 Å². The van der Waals surface area contributed by atoms with Crippen LogP contribution in [-0.4, -0.2) is 162 Å². The van der Waals surface area contributed by atoms with Gasteiger partial charge < -0.3 is 63.4 Å². The molecule has 4 aliphatic heterocycles. The van der Waals surface area contributed by atoms with E-state index in [0.29, 0.717) is 11.1 Å². The highest BCUT2D eigenvalue weighted by molar-refractivity contribution is 6.21. The molecule has 0 saturated carbocycles. The van der Waals surface area contributed by atoms with E-state index in [9.17, 15) is 35.1 Å². The van der Waals surface area contributed by atoms with Crippen molar-refractivity contribution in [2.24, 2.45) is 0 Å². The molecule has 16 heteroatoms. The maximum absolute atomic E-state index is 12.4. The number of nitrogens with zero attached hydrogens (tertiary/aromatic N) is 1. The minimum atomic E-state index is -1.60. The zero-order valence-electron chi connectivity index (χ0n) is 25.0. The van der Waals surface area contributed by atoms with Crippen molar-refractivity contribution in [2.45, 2.75) is 81.0 Å². The molecule has 252 valence electrons. The standard InChI is InChI=1S/C29H41NO15/c1-29(2)44-23-18(14-32)42-28(21(35)24(23)45-29)43-22-17(13-31)41-27(20(34)19(22)33)40-12-11-39-10-9-38-8-7-30-25(36)15-5-3-4-6-16(15)26(30)37/h3-6,17-24,27-28,31-35H,7-14H2,1-2H3/t17-,18-,19-,20-,21-,22-,23+,24-,27-,28+/m1/s1. The van der Waals surface area contributed by atoms with Crippen molar-refractivity contribution in [1.82, 2.24) is 4.90 Å². The summed E-state index contributed by atoms with van der Waals surface area (Å²) < 4.78 is 45.1. The number of aliphatic hydroxyl groups excluding tert-OH is 5. The quantitative estimate of drug-likeness (QED) is 0.107. The summed E-state index contributed by atoms with van der Waals surface area (Å²) in [6.45, 7) is 2.91. The molecule has 0 unspecified atom stereocenters. The molecule has 0 radical (unpaired) electrons. The summed E-state index contributed by atoms with van der Waals surface area (Å²) in [4.78, 5) is 25.9. The number of ether oxygens (including phenoxy) is 8. The molecule has 0 spiro atoms. The number of imide groups is 1. The van der Waals surface area contributed by atoms with Crippen LogP contribution in [0.4, 0.5) is 0 Å². The number of fused-ring (bicyclic) bond motifs is 2. The van der Waals surface area contributed by atoms with Gasteiger partial charge in [0.15, 0.2) is 18.4 Å². The molecule has 1 aromatic carbocycles. The Morgan fingerprint density at radius 2 is 1.33 bits per heavy atom. The third-order valence-electron chi connectivity index (χ3n) is 7.97. The van der Waals surface area contributed by atoms with E-state index in [0.717, 1.165) is 4.90 Å². The molecule has 5 N–H and O–H groups in total.